The maximum absolute atomic E-state index is 13.4. The second-order valence-corrected chi connectivity index (χ2v) is 9.67. The number of carboxylic acids is 1. The monoisotopic (exact) mass is 589 g/mol. The van der Waals surface area contributed by atoms with Crippen LogP contribution in [0.15, 0.2) is 66.9 Å². The van der Waals surface area contributed by atoms with Gasteiger partial charge in [0.1, 0.15) is 11.6 Å². The number of benzene rings is 2. The van der Waals surface area contributed by atoms with Crippen molar-refractivity contribution in [2.45, 2.75) is 38.5 Å². The molecule has 1 saturated heterocycles. The summed E-state index contributed by atoms with van der Waals surface area (Å²) < 4.78 is 45.2. The Morgan fingerprint density at radius 1 is 1.00 bits per heavy atom. The summed E-state index contributed by atoms with van der Waals surface area (Å²) in [5.74, 6) is -2.84. The molecule has 9 nitrogen and oxygen atoms in total. The molecule has 0 radical (unpaired) electrons. The van der Waals surface area contributed by atoms with Crippen LogP contribution >= 0.6 is 0 Å². The molecule has 1 aliphatic heterocycles. The summed E-state index contributed by atoms with van der Waals surface area (Å²) in [6.07, 6.45) is -1.41. The van der Waals surface area contributed by atoms with Crippen LogP contribution in [0.2, 0.25) is 0 Å². The highest BCUT2D eigenvalue weighted by Gasteiger charge is 2.38. The zero-order valence-corrected chi connectivity index (χ0v) is 23.0. The number of carboxylic acid groups (broad SMARTS) is 1. The van der Waals surface area contributed by atoms with Crippen LogP contribution in [0.3, 0.4) is 0 Å². The summed E-state index contributed by atoms with van der Waals surface area (Å²) in [6.45, 7) is 4.32. The van der Waals surface area contributed by atoms with Crippen LogP contribution in [0, 0.1) is 5.82 Å². The molecule has 224 valence electrons. The van der Waals surface area contributed by atoms with Crippen LogP contribution in [0.25, 0.3) is 0 Å². The summed E-state index contributed by atoms with van der Waals surface area (Å²) in [6, 6.07) is 17.5. The molecule has 1 aliphatic rings. The van der Waals surface area contributed by atoms with Crippen molar-refractivity contribution < 1.29 is 37.1 Å². The highest BCUT2D eigenvalue weighted by Crippen LogP contribution is 2.24. The summed E-state index contributed by atoms with van der Waals surface area (Å²) in [5.41, 5.74) is 2.92. The Labute approximate surface area is 240 Å². The number of likely N-dealkylation sites (tertiary alicyclic amines) is 1. The molecule has 2 amide bonds. The zero-order valence-electron chi connectivity index (χ0n) is 23.0. The van der Waals surface area contributed by atoms with Crippen LogP contribution in [-0.2, 0) is 16.1 Å². The van der Waals surface area contributed by atoms with E-state index >= 15 is 0 Å². The Hall–Kier alpha value is -4.52. The van der Waals surface area contributed by atoms with E-state index in [4.69, 9.17) is 9.90 Å². The minimum Gasteiger partial charge on any atom is -0.475 e. The maximum atomic E-state index is 13.4. The number of alkyl halides is 3. The standard InChI is InChI=1S/C27H30FN5O2.C2HF3O2/c1-19(34)30-23-8-6-20(7-9-23)18-33-14-11-25(12-15-33)32(2)26-17-24(10-13-29-26)31-27(35)21-4-3-5-22(28)16-21;3-2(4,5)1(6)7/h3-10,13,16-17,25H,11-12,14-15,18H2,1-2H3,(H,30,34)(H,29,31,35);(H,6,7). The van der Waals surface area contributed by atoms with E-state index in [-0.39, 0.29) is 17.4 Å². The molecular weight excluding hydrogens is 558 g/mol. The van der Waals surface area contributed by atoms with Gasteiger partial charge in [0, 0.05) is 68.8 Å². The molecular formula is C29H31F4N5O4. The molecule has 0 spiro atoms. The van der Waals surface area contributed by atoms with Crippen molar-refractivity contribution in [3.8, 4) is 0 Å². The SMILES string of the molecule is CC(=O)Nc1ccc(CN2CCC(N(C)c3cc(NC(=O)c4cccc(F)c4)ccn3)CC2)cc1.O=C(O)C(F)(F)F. The van der Waals surface area contributed by atoms with Gasteiger partial charge in [-0.1, -0.05) is 18.2 Å². The van der Waals surface area contributed by atoms with Gasteiger partial charge in [-0.05, 0) is 54.8 Å². The average molecular weight is 590 g/mol. The molecule has 13 heteroatoms. The number of aromatic nitrogens is 1. The molecule has 0 saturated carbocycles. The van der Waals surface area contributed by atoms with E-state index in [0.717, 1.165) is 44.0 Å². The Morgan fingerprint density at radius 3 is 2.21 bits per heavy atom. The van der Waals surface area contributed by atoms with E-state index in [1.54, 1.807) is 18.3 Å². The van der Waals surface area contributed by atoms with E-state index in [1.807, 2.05) is 25.2 Å². The number of nitrogens with zero attached hydrogens (tertiary/aromatic N) is 3. The molecule has 1 fully saturated rings. The third-order valence-corrected chi connectivity index (χ3v) is 6.48. The first-order valence-corrected chi connectivity index (χ1v) is 13.0. The van der Waals surface area contributed by atoms with Gasteiger partial charge in [0.15, 0.2) is 0 Å². The van der Waals surface area contributed by atoms with Crippen molar-refractivity contribution >= 4 is 35.0 Å². The van der Waals surface area contributed by atoms with Gasteiger partial charge in [0.05, 0.1) is 0 Å². The number of pyridine rings is 1. The Balaban J connectivity index is 0.000000616. The number of piperidine rings is 1. The van der Waals surface area contributed by atoms with E-state index in [1.165, 1.54) is 30.7 Å². The molecule has 0 aliphatic carbocycles. The first-order chi connectivity index (χ1) is 19.8. The van der Waals surface area contributed by atoms with Crippen LogP contribution in [0.5, 0.6) is 0 Å². The molecule has 3 N–H and O–H groups in total. The van der Waals surface area contributed by atoms with Crippen LogP contribution in [0.1, 0.15) is 35.7 Å². The van der Waals surface area contributed by atoms with Gasteiger partial charge in [0.2, 0.25) is 5.91 Å². The zero-order chi connectivity index (χ0) is 30.9. The number of amides is 2. The lowest BCUT2D eigenvalue weighted by molar-refractivity contribution is -0.192. The average Bonchev–Trinajstić information content (AvgIpc) is 2.94. The Kier molecular flexibility index (Phi) is 11.0. The van der Waals surface area contributed by atoms with Crippen molar-refractivity contribution in [3.05, 3.63) is 83.8 Å². The third-order valence-electron chi connectivity index (χ3n) is 6.48. The highest BCUT2D eigenvalue weighted by molar-refractivity contribution is 6.04. The third kappa shape index (κ3) is 9.84. The lowest BCUT2D eigenvalue weighted by Gasteiger charge is -2.37. The minimum absolute atomic E-state index is 0.0714. The lowest BCUT2D eigenvalue weighted by atomic mass is 10.0. The molecule has 0 bridgehead atoms. The van der Waals surface area contributed by atoms with Crippen LogP contribution in [0.4, 0.5) is 34.8 Å². The Bertz CT molecular complexity index is 1380. The molecule has 0 atom stereocenters. The lowest BCUT2D eigenvalue weighted by Crippen LogP contribution is -2.43. The van der Waals surface area contributed by atoms with Crippen molar-refractivity contribution in [1.82, 2.24) is 9.88 Å². The van der Waals surface area contributed by atoms with E-state index < -0.39 is 18.0 Å². The normalized spacial score (nSPS) is 13.9. The second kappa shape index (κ2) is 14.4. The molecule has 2 heterocycles. The number of nitrogens with one attached hydrogen (secondary N) is 2. The molecule has 42 heavy (non-hydrogen) atoms. The van der Waals surface area contributed by atoms with Crippen molar-refractivity contribution in [2.24, 2.45) is 0 Å². The van der Waals surface area contributed by atoms with Crippen molar-refractivity contribution in [2.75, 3.05) is 35.7 Å². The Morgan fingerprint density at radius 2 is 1.64 bits per heavy atom. The van der Waals surface area contributed by atoms with Gasteiger partial charge in [-0.2, -0.15) is 13.2 Å². The van der Waals surface area contributed by atoms with Crippen LogP contribution in [-0.4, -0.2) is 65.1 Å². The molecule has 3 aromatic rings. The van der Waals surface area contributed by atoms with Gasteiger partial charge in [-0.3, -0.25) is 14.5 Å². The van der Waals surface area contributed by atoms with Gasteiger partial charge < -0.3 is 20.6 Å². The number of aliphatic carboxylic acids is 1. The van der Waals surface area contributed by atoms with Crippen molar-refractivity contribution in [1.29, 1.82) is 0 Å². The predicted molar refractivity (Wildman–Crippen MR) is 150 cm³/mol. The predicted octanol–water partition coefficient (Wildman–Crippen LogP) is 5.17. The molecule has 1 aromatic heterocycles. The first-order valence-electron chi connectivity index (χ1n) is 13.0. The number of halogens is 4. The fraction of sp³-hybridized carbons (Fsp3) is 0.310. The highest BCUT2D eigenvalue weighted by atomic mass is 19.4. The van der Waals surface area contributed by atoms with Gasteiger partial charge in [0.25, 0.3) is 5.91 Å². The number of carbonyl (C=O) groups is 3. The molecule has 4 rings (SSSR count). The van der Waals surface area contributed by atoms with Gasteiger partial charge in [-0.25, -0.2) is 14.2 Å². The van der Waals surface area contributed by atoms with Crippen LogP contribution < -0.4 is 15.5 Å². The first kappa shape index (κ1) is 32.0. The summed E-state index contributed by atoms with van der Waals surface area (Å²) in [4.78, 5) is 41.6. The maximum Gasteiger partial charge on any atom is 0.490 e. The number of anilines is 3. The number of rotatable bonds is 7. The number of carbonyl (C=O) groups excluding carboxylic acids is 2. The summed E-state index contributed by atoms with van der Waals surface area (Å²) in [7, 11) is 2.03. The molecule has 0 unspecified atom stereocenters. The topological polar surface area (TPSA) is 115 Å². The number of hydrogen-bond acceptors (Lipinski definition) is 6. The quantitative estimate of drug-likeness (QED) is 0.326. The van der Waals surface area contributed by atoms with E-state index in [9.17, 15) is 27.2 Å². The largest absolute Gasteiger partial charge is 0.490 e. The smallest absolute Gasteiger partial charge is 0.475 e. The summed E-state index contributed by atoms with van der Waals surface area (Å²) in [5, 5.41) is 12.7. The fourth-order valence-corrected chi connectivity index (χ4v) is 4.33. The fourth-order valence-electron chi connectivity index (χ4n) is 4.33. The van der Waals surface area contributed by atoms with Gasteiger partial charge >= 0.3 is 12.1 Å². The van der Waals surface area contributed by atoms with E-state index in [2.05, 4.69) is 37.6 Å². The van der Waals surface area contributed by atoms with Gasteiger partial charge in [-0.15, -0.1) is 0 Å². The van der Waals surface area contributed by atoms with E-state index in [0.29, 0.717) is 11.7 Å². The number of hydrogen-bond donors (Lipinski definition) is 3. The van der Waals surface area contributed by atoms with Crippen molar-refractivity contribution in [3.63, 3.8) is 0 Å². The summed E-state index contributed by atoms with van der Waals surface area (Å²) >= 11 is 0. The second-order valence-electron chi connectivity index (χ2n) is 9.67. The minimum atomic E-state index is -5.08. The molecule has 2 aromatic carbocycles.